The Balaban J connectivity index is 2.20. The summed E-state index contributed by atoms with van der Waals surface area (Å²) in [6.07, 6.45) is 1.09. The van der Waals surface area contributed by atoms with Crippen molar-refractivity contribution in [1.82, 2.24) is 10.2 Å². The lowest BCUT2D eigenvalue weighted by atomic mass is 9.86. The molecule has 1 aliphatic rings. The Labute approximate surface area is 123 Å². The normalized spacial score (nSPS) is 19.0. The molecule has 1 heterocycles. The molecule has 0 radical (unpaired) electrons. The van der Waals surface area contributed by atoms with Crippen molar-refractivity contribution in [2.45, 2.75) is 38.8 Å². The summed E-state index contributed by atoms with van der Waals surface area (Å²) in [5.41, 5.74) is 2.83. The van der Waals surface area contributed by atoms with Gasteiger partial charge in [-0.1, -0.05) is 31.2 Å². The molecular weight excluding hydrogens is 248 g/mol. The molecule has 0 aliphatic carbocycles. The Hall–Kier alpha value is -0.900. The van der Waals surface area contributed by atoms with E-state index in [1.165, 1.54) is 11.1 Å². The van der Waals surface area contributed by atoms with Crippen molar-refractivity contribution >= 4 is 0 Å². The van der Waals surface area contributed by atoms with Crippen LogP contribution in [0.3, 0.4) is 0 Å². The van der Waals surface area contributed by atoms with Gasteiger partial charge in [-0.05, 0) is 38.4 Å². The third kappa shape index (κ3) is 3.22. The average Bonchev–Trinajstić information content (AvgIpc) is 2.49. The molecule has 1 unspecified atom stereocenters. The topological polar surface area (TPSA) is 24.5 Å². The number of likely N-dealkylation sites (N-methyl/N-ethyl adjacent to an activating group) is 1. The highest BCUT2D eigenvalue weighted by Gasteiger charge is 2.36. The van der Waals surface area contributed by atoms with E-state index >= 15 is 0 Å². The maximum absolute atomic E-state index is 5.48. The van der Waals surface area contributed by atoms with Crippen LogP contribution in [0.1, 0.15) is 37.9 Å². The molecule has 0 aromatic heterocycles. The van der Waals surface area contributed by atoms with Gasteiger partial charge in [0, 0.05) is 24.7 Å². The van der Waals surface area contributed by atoms with Gasteiger partial charge in [-0.2, -0.15) is 0 Å². The second-order valence-electron chi connectivity index (χ2n) is 6.07. The standard InChI is InChI=1S/C17H28N2O/c1-5-14-6-8-15(9-7-14)16(18-4)17(2,3)19-10-12-20-13-11-19/h6-9,16,18H,5,10-13H2,1-4H3. The highest BCUT2D eigenvalue weighted by molar-refractivity contribution is 5.27. The van der Waals surface area contributed by atoms with E-state index in [0.717, 1.165) is 32.7 Å². The smallest absolute Gasteiger partial charge is 0.0594 e. The molecule has 112 valence electrons. The zero-order chi connectivity index (χ0) is 14.6. The lowest BCUT2D eigenvalue weighted by Crippen LogP contribution is -2.55. The monoisotopic (exact) mass is 276 g/mol. The largest absolute Gasteiger partial charge is 0.379 e. The van der Waals surface area contributed by atoms with Gasteiger partial charge in [0.15, 0.2) is 0 Å². The van der Waals surface area contributed by atoms with Gasteiger partial charge in [0.05, 0.1) is 13.2 Å². The van der Waals surface area contributed by atoms with E-state index in [2.05, 4.69) is 62.3 Å². The minimum absolute atomic E-state index is 0.0757. The maximum atomic E-state index is 5.48. The first-order valence-corrected chi connectivity index (χ1v) is 7.68. The zero-order valence-electron chi connectivity index (χ0n) is 13.3. The van der Waals surface area contributed by atoms with E-state index in [9.17, 15) is 0 Å². The number of nitrogens with one attached hydrogen (secondary N) is 1. The molecular formula is C17H28N2O. The molecule has 3 nitrogen and oxygen atoms in total. The van der Waals surface area contributed by atoms with E-state index in [1.54, 1.807) is 0 Å². The summed E-state index contributed by atoms with van der Waals surface area (Å²) in [7, 11) is 2.06. The molecule has 1 aromatic rings. The predicted molar refractivity (Wildman–Crippen MR) is 84.1 cm³/mol. The summed E-state index contributed by atoms with van der Waals surface area (Å²) in [5, 5.41) is 3.51. The molecule has 1 atom stereocenters. The minimum Gasteiger partial charge on any atom is -0.379 e. The predicted octanol–water partition coefficient (Wildman–Crippen LogP) is 2.62. The van der Waals surface area contributed by atoms with Gasteiger partial charge in [-0.15, -0.1) is 0 Å². The van der Waals surface area contributed by atoms with Crippen molar-refractivity contribution in [2.24, 2.45) is 0 Å². The Bertz CT molecular complexity index is 408. The fraction of sp³-hybridized carbons (Fsp3) is 0.647. The number of hydrogen-bond donors (Lipinski definition) is 1. The number of aryl methyl sites for hydroxylation is 1. The van der Waals surface area contributed by atoms with Crippen LogP contribution >= 0.6 is 0 Å². The quantitative estimate of drug-likeness (QED) is 0.895. The molecule has 2 rings (SSSR count). The van der Waals surface area contributed by atoms with Crippen LogP contribution in [0.15, 0.2) is 24.3 Å². The van der Waals surface area contributed by atoms with E-state index in [4.69, 9.17) is 4.74 Å². The second-order valence-corrected chi connectivity index (χ2v) is 6.07. The summed E-state index contributed by atoms with van der Waals surface area (Å²) < 4.78 is 5.48. The Morgan fingerprint density at radius 1 is 1.20 bits per heavy atom. The SMILES string of the molecule is CCc1ccc(C(NC)C(C)(C)N2CCOCC2)cc1. The molecule has 1 fully saturated rings. The van der Waals surface area contributed by atoms with Crippen molar-refractivity contribution in [3.05, 3.63) is 35.4 Å². The number of ether oxygens (including phenoxy) is 1. The molecule has 20 heavy (non-hydrogen) atoms. The van der Waals surface area contributed by atoms with Gasteiger partial charge in [-0.3, -0.25) is 4.90 Å². The van der Waals surface area contributed by atoms with Crippen LogP contribution in [0, 0.1) is 0 Å². The first-order chi connectivity index (χ1) is 9.59. The third-order valence-corrected chi connectivity index (χ3v) is 4.54. The average molecular weight is 276 g/mol. The summed E-state index contributed by atoms with van der Waals surface area (Å²) >= 11 is 0. The van der Waals surface area contributed by atoms with Crippen LogP contribution in [0.2, 0.25) is 0 Å². The first kappa shape index (κ1) is 15.5. The number of benzene rings is 1. The lowest BCUT2D eigenvalue weighted by molar-refractivity contribution is -0.0229. The van der Waals surface area contributed by atoms with Crippen molar-refractivity contribution in [1.29, 1.82) is 0 Å². The van der Waals surface area contributed by atoms with Gasteiger partial charge in [0.25, 0.3) is 0 Å². The summed E-state index contributed by atoms with van der Waals surface area (Å²) in [4.78, 5) is 2.53. The Morgan fingerprint density at radius 3 is 2.30 bits per heavy atom. The molecule has 1 N–H and O–H groups in total. The molecule has 1 aliphatic heterocycles. The van der Waals surface area contributed by atoms with Crippen molar-refractivity contribution in [3.63, 3.8) is 0 Å². The van der Waals surface area contributed by atoms with E-state index in [0.29, 0.717) is 6.04 Å². The van der Waals surface area contributed by atoms with Crippen LogP contribution in [0.4, 0.5) is 0 Å². The van der Waals surface area contributed by atoms with Crippen LogP contribution < -0.4 is 5.32 Å². The third-order valence-electron chi connectivity index (χ3n) is 4.54. The maximum Gasteiger partial charge on any atom is 0.0594 e. The lowest BCUT2D eigenvalue weighted by Gasteiger charge is -2.46. The van der Waals surface area contributed by atoms with Gasteiger partial charge in [0.2, 0.25) is 0 Å². The molecule has 1 saturated heterocycles. The number of rotatable bonds is 5. The molecule has 0 bridgehead atoms. The van der Waals surface area contributed by atoms with E-state index < -0.39 is 0 Å². The van der Waals surface area contributed by atoms with Crippen LogP contribution in [0.5, 0.6) is 0 Å². The van der Waals surface area contributed by atoms with Crippen molar-refractivity contribution in [3.8, 4) is 0 Å². The van der Waals surface area contributed by atoms with Crippen LogP contribution in [0.25, 0.3) is 0 Å². The van der Waals surface area contributed by atoms with Gasteiger partial charge in [0.1, 0.15) is 0 Å². The Kier molecular flexibility index (Phi) is 5.19. The molecule has 3 heteroatoms. The van der Waals surface area contributed by atoms with Crippen molar-refractivity contribution in [2.75, 3.05) is 33.4 Å². The zero-order valence-corrected chi connectivity index (χ0v) is 13.3. The van der Waals surface area contributed by atoms with E-state index in [-0.39, 0.29) is 5.54 Å². The molecule has 0 amide bonds. The van der Waals surface area contributed by atoms with Gasteiger partial charge < -0.3 is 10.1 Å². The summed E-state index contributed by atoms with van der Waals surface area (Å²) in [6.45, 7) is 10.6. The molecule has 0 saturated carbocycles. The minimum atomic E-state index is 0.0757. The van der Waals surface area contributed by atoms with Gasteiger partial charge in [-0.25, -0.2) is 0 Å². The molecule has 1 aromatic carbocycles. The highest BCUT2D eigenvalue weighted by Crippen LogP contribution is 2.31. The molecule has 0 spiro atoms. The van der Waals surface area contributed by atoms with Crippen LogP contribution in [-0.4, -0.2) is 43.8 Å². The van der Waals surface area contributed by atoms with Gasteiger partial charge >= 0.3 is 0 Å². The second kappa shape index (κ2) is 6.70. The van der Waals surface area contributed by atoms with E-state index in [1.807, 2.05) is 0 Å². The van der Waals surface area contributed by atoms with Crippen molar-refractivity contribution < 1.29 is 4.74 Å². The number of morpholine rings is 1. The fourth-order valence-electron chi connectivity index (χ4n) is 3.20. The number of hydrogen-bond acceptors (Lipinski definition) is 3. The first-order valence-electron chi connectivity index (χ1n) is 7.68. The Morgan fingerprint density at radius 2 is 1.80 bits per heavy atom. The summed E-state index contributed by atoms with van der Waals surface area (Å²) in [5.74, 6) is 0. The van der Waals surface area contributed by atoms with Crippen LogP contribution in [-0.2, 0) is 11.2 Å². The fourth-order valence-corrected chi connectivity index (χ4v) is 3.20. The number of nitrogens with zero attached hydrogens (tertiary/aromatic N) is 1. The highest BCUT2D eigenvalue weighted by atomic mass is 16.5. The summed E-state index contributed by atoms with van der Waals surface area (Å²) in [6, 6.07) is 9.35.